The zero-order valence-corrected chi connectivity index (χ0v) is 39.8. The van der Waals surface area contributed by atoms with Crippen LogP contribution in [0.3, 0.4) is 0 Å². The second-order valence-corrected chi connectivity index (χ2v) is 19.2. The van der Waals surface area contributed by atoms with E-state index in [1.165, 1.54) is 4.90 Å². The van der Waals surface area contributed by atoms with Crippen molar-refractivity contribution in [2.75, 3.05) is 50.1 Å². The lowest BCUT2D eigenvalue weighted by Crippen LogP contribution is -2.58. The third kappa shape index (κ3) is 11.2. The molecule has 5 N–H and O–H groups in total. The quantitative estimate of drug-likeness (QED) is 0.0830. The predicted octanol–water partition coefficient (Wildman–Crippen LogP) is 5.84. The molecule has 0 radical (unpaired) electrons. The van der Waals surface area contributed by atoms with Crippen LogP contribution in [0.2, 0.25) is 0 Å². The average Bonchev–Trinajstić information content (AvgIpc) is 4.13. The molecule has 2 fully saturated rings. The number of aliphatic hydroxyl groups is 1. The zero-order valence-electron chi connectivity index (χ0n) is 39.0. The number of aromatic nitrogens is 4. The molecule has 6 aromatic rings. The molecule has 8 rings (SSSR count). The first-order valence-corrected chi connectivity index (χ1v) is 23.7. The molecule has 3 atom stereocenters. The fourth-order valence-corrected chi connectivity index (χ4v) is 9.54. The predicted molar refractivity (Wildman–Crippen MR) is 262 cm³/mol. The molecule has 3 aromatic carbocycles. The van der Waals surface area contributed by atoms with Crippen molar-refractivity contribution in [3.05, 3.63) is 131 Å². The molecule has 17 heteroatoms. The van der Waals surface area contributed by atoms with Gasteiger partial charge < -0.3 is 35.6 Å². The highest BCUT2D eigenvalue weighted by Crippen LogP contribution is 2.32. The number of carbonyl (C=O) groups is 4. The van der Waals surface area contributed by atoms with Crippen molar-refractivity contribution in [1.29, 1.82) is 0 Å². The summed E-state index contributed by atoms with van der Waals surface area (Å²) in [5.41, 5.74) is 9.03. The van der Waals surface area contributed by atoms with E-state index in [1.54, 1.807) is 42.8 Å². The zero-order chi connectivity index (χ0) is 48.0. The first-order valence-electron chi connectivity index (χ1n) is 22.8. The maximum atomic E-state index is 14.3. The maximum Gasteiger partial charge on any atom is 0.274 e. The molecule has 0 saturated carbocycles. The number of aryl methyl sites for hydroxylation is 1. The summed E-state index contributed by atoms with van der Waals surface area (Å²) in [6.45, 7) is 11.6. The number of ether oxygens (including phenoxy) is 1. The molecular weight excluding hydrogens is 881 g/mol. The molecule has 16 nitrogen and oxygen atoms in total. The molecule has 0 spiro atoms. The number of benzene rings is 3. The van der Waals surface area contributed by atoms with Crippen molar-refractivity contribution in [1.82, 2.24) is 40.6 Å². The van der Waals surface area contributed by atoms with E-state index in [2.05, 4.69) is 45.9 Å². The van der Waals surface area contributed by atoms with Crippen LogP contribution >= 0.6 is 11.3 Å². The van der Waals surface area contributed by atoms with Crippen molar-refractivity contribution in [3.8, 4) is 27.6 Å². The van der Waals surface area contributed by atoms with Gasteiger partial charge in [0.05, 0.1) is 52.8 Å². The van der Waals surface area contributed by atoms with E-state index in [0.29, 0.717) is 29.4 Å². The van der Waals surface area contributed by atoms with E-state index >= 15 is 0 Å². The third-order valence-electron chi connectivity index (χ3n) is 12.5. The third-order valence-corrected chi connectivity index (χ3v) is 13.5. The number of hydrogen-bond donors (Lipinski definition) is 5. The summed E-state index contributed by atoms with van der Waals surface area (Å²) in [5, 5.41) is 26.5. The van der Waals surface area contributed by atoms with Crippen LogP contribution in [-0.2, 0) is 33.9 Å². The normalized spacial score (nSPS) is 16.9. The van der Waals surface area contributed by atoms with Crippen molar-refractivity contribution in [2.45, 2.75) is 71.8 Å². The Morgan fingerprint density at radius 3 is 2.40 bits per heavy atom. The molecule has 2 saturated heterocycles. The first kappa shape index (κ1) is 47.5. The Labute approximate surface area is 400 Å². The van der Waals surface area contributed by atoms with Crippen molar-refractivity contribution < 1.29 is 29.0 Å². The highest BCUT2D eigenvalue weighted by atomic mass is 32.1. The van der Waals surface area contributed by atoms with Crippen LogP contribution in [-0.4, -0.2) is 117 Å². The number of piperazine rings is 1. The van der Waals surface area contributed by atoms with E-state index in [9.17, 15) is 24.3 Å². The van der Waals surface area contributed by atoms with Crippen molar-refractivity contribution in [2.24, 2.45) is 5.41 Å². The molecule has 4 amide bonds. The second kappa shape index (κ2) is 20.9. The van der Waals surface area contributed by atoms with Gasteiger partial charge in [-0.05, 0) is 64.9 Å². The van der Waals surface area contributed by atoms with Crippen LogP contribution in [0.15, 0.2) is 103 Å². The molecule has 0 unspecified atom stereocenters. The van der Waals surface area contributed by atoms with Gasteiger partial charge in [0, 0.05) is 70.2 Å². The summed E-state index contributed by atoms with van der Waals surface area (Å²) >= 11 is 1.58. The standard InChI is InChI=1S/C51H58N10O6S/c1-32-46(68-31-53-32)34-15-13-33(14-16-34)28-52-49(65)43-27-38(62)30-61(43)50(66)47(51(2,3)4)57-45(63)25-35-9-6-7-10-36(35)29-59-21-23-60(24-22-59)37-17-18-41(44(26-37)67-5)56-48(64)42-12-8-11-39(55-42)40-19-20-54-58-40/h6-20,26,31,38,43,47,62H,21-25,27-30H2,1-5H3,(H,52,65)(H,54,58)(H,56,64)(H,57,63)/t38-,43+,47-/m1/s1. The minimum atomic E-state index is -0.940. The van der Waals surface area contributed by atoms with Crippen LogP contribution in [0.25, 0.3) is 21.8 Å². The number of amides is 4. The molecule has 0 aliphatic carbocycles. The molecule has 5 heterocycles. The summed E-state index contributed by atoms with van der Waals surface area (Å²) < 4.78 is 5.71. The molecule has 2 aliphatic heterocycles. The summed E-state index contributed by atoms with van der Waals surface area (Å²) in [6.07, 6.45) is 0.938. The number of carbonyl (C=O) groups excluding carboxylic acids is 4. The van der Waals surface area contributed by atoms with Gasteiger partial charge >= 0.3 is 0 Å². The van der Waals surface area contributed by atoms with Gasteiger partial charge in [0.25, 0.3) is 5.91 Å². The number of pyridine rings is 1. The molecule has 2 aliphatic rings. The van der Waals surface area contributed by atoms with E-state index in [4.69, 9.17) is 4.74 Å². The number of aromatic amines is 1. The first-order chi connectivity index (χ1) is 32.7. The maximum absolute atomic E-state index is 14.3. The van der Waals surface area contributed by atoms with Gasteiger partial charge in [0.15, 0.2) is 0 Å². The molecule has 3 aromatic heterocycles. The van der Waals surface area contributed by atoms with Crippen LogP contribution in [0.5, 0.6) is 5.75 Å². The lowest BCUT2D eigenvalue weighted by molar-refractivity contribution is -0.144. The Morgan fingerprint density at radius 1 is 0.941 bits per heavy atom. The van der Waals surface area contributed by atoms with Gasteiger partial charge in [0.2, 0.25) is 17.7 Å². The van der Waals surface area contributed by atoms with Gasteiger partial charge in [-0.1, -0.05) is 75.4 Å². The SMILES string of the molecule is COc1cc(N2CCN(Cc3ccccc3CC(=O)N[C@H](C(=O)N3C[C@H](O)C[C@H]3C(=O)NCc3ccc(-c4scnc4C)cc3)C(C)(C)C)CC2)ccc1NC(=O)c1cccc(-c2ccn[nH]2)n1. The van der Waals surface area contributed by atoms with Gasteiger partial charge in [-0.2, -0.15) is 5.10 Å². The van der Waals surface area contributed by atoms with Crippen LogP contribution in [0.1, 0.15) is 60.1 Å². The summed E-state index contributed by atoms with van der Waals surface area (Å²) in [4.78, 5) is 71.0. The summed E-state index contributed by atoms with van der Waals surface area (Å²) in [6, 6.07) is 26.7. The molecular formula is C51H58N10O6S. The largest absolute Gasteiger partial charge is 0.494 e. The average molecular weight is 939 g/mol. The number of methoxy groups -OCH3 is 1. The fraction of sp³-hybridized carbons (Fsp3) is 0.353. The number of thiazole rings is 1. The minimum absolute atomic E-state index is 0.00293. The van der Waals surface area contributed by atoms with E-state index < -0.39 is 29.5 Å². The Hall–Kier alpha value is -6.95. The Kier molecular flexibility index (Phi) is 14.6. The van der Waals surface area contributed by atoms with E-state index in [-0.39, 0.29) is 49.3 Å². The number of nitrogens with zero attached hydrogens (tertiary/aromatic N) is 6. The van der Waals surface area contributed by atoms with Crippen molar-refractivity contribution in [3.63, 3.8) is 0 Å². The number of anilines is 2. The summed E-state index contributed by atoms with van der Waals surface area (Å²) in [7, 11) is 1.58. The number of H-pyrrole nitrogens is 1. The monoisotopic (exact) mass is 938 g/mol. The van der Waals surface area contributed by atoms with E-state index in [1.807, 2.05) is 106 Å². The minimum Gasteiger partial charge on any atom is -0.494 e. The highest BCUT2D eigenvalue weighted by molar-refractivity contribution is 7.13. The smallest absolute Gasteiger partial charge is 0.274 e. The number of rotatable bonds is 15. The topological polar surface area (TPSA) is 198 Å². The lowest BCUT2D eigenvalue weighted by atomic mass is 9.85. The van der Waals surface area contributed by atoms with Gasteiger partial charge in [-0.3, -0.25) is 29.2 Å². The Balaban J connectivity index is 0.847. The number of aliphatic hydroxyl groups excluding tert-OH is 1. The van der Waals surface area contributed by atoms with Crippen LogP contribution < -0.4 is 25.6 Å². The van der Waals surface area contributed by atoms with Crippen LogP contribution in [0, 0.1) is 12.3 Å². The summed E-state index contributed by atoms with van der Waals surface area (Å²) in [5.74, 6) is -0.889. The van der Waals surface area contributed by atoms with Gasteiger partial charge in [-0.25, -0.2) is 9.97 Å². The van der Waals surface area contributed by atoms with Gasteiger partial charge in [0.1, 0.15) is 23.5 Å². The van der Waals surface area contributed by atoms with E-state index in [0.717, 1.165) is 64.7 Å². The highest BCUT2D eigenvalue weighted by Gasteiger charge is 2.44. The second-order valence-electron chi connectivity index (χ2n) is 18.4. The number of likely N-dealkylation sites (tertiary alicyclic amines) is 1. The number of nitrogens with one attached hydrogen (secondary N) is 4. The molecule has 0 bridgehead atoms. The fourth-order valence-electron chi connectivity index (χ4n) is 8.73. The Morgan fingerprint density at radius 2 is 1.71 bits per heavy atom. The molecule has 354 valence electrons. The van der Waals surface area contributed by atoms with Crippen LogP contribution in [0.4, 0.5) is 11.4 Å². The van der Waals surface area contributed by atoms with Crippen molar-refractivity contribution >= 4 is 46.3 Å². The van der Waals surface area contributed by atoms with Gasteiger partial charge in [-0.15, -0.1) is 11.3 Å². The number of hydrogen-bond acceptors (Lipinski definition) is 12. The lowest BCUT2D eigenvalue weighted by Gasteiger charge is -2.36. The Bertz CT molecular complexity index is 2730. The number of β-amino-alcohol motifs (C(OH)–C–C–N with tert-alkyl or cyclic N) is 1. The molecule has 68 heavy (non-hydrogen) atoms.